The molecule has 0 saturated heterocycles. The van der Waals surface area contributed by atoms with Crippen molar-refractivity contribution >= 4 is 17.5 Å². The van der Waals surface area contributed by atoms with Crippen LogP contribution in [0.15, 0.2) is 12.1 Å². The molecule has 0 spiro atoms. The molecule has 0 fully saturated rings. The van der Waals surface area contributed by atoms with Crippen LogP contribution in [0, 0.1) is 20.8 Å². The molecule has 5 nitrogen and oxygen atoms in total. The van der Waals surface area contributed by atoms with Gasteiger partial charge in [0.05, 0.1) is 6.54 Å². The summed E-state index contributed by atoms with van der Waals surface area (Å²) in [5.41, 5.74) is 9.60. The zero-order valence-corrected chi connectivity index (χ0v) is 13.2. The first-order chi connectivity index (χ1) is 9.79. The van der Waals surface area contributed by atoms with Crippen LogP contribution in [-0.2, 0) is 9.59 Å². The van der Waals surface area contributed by atoms with Gasteiger partial charge < -0.3 is 16.4 Å². The Morgan fingerprint density at radius 1 is 1.14 bits per heavy atom. The van der Waals surface area contributed by atoms with E-state index in [4.69, 9.17) is 5.73 Å². The number of benzene rings is 1. The highest BCUT2D eigenvalue weighted by atomic mass is 16.2. The van der Waals surface area contributed by atoms with E-state index in [1.807, 2.05) is 39.8 Å². The van der Waals surface area contributed by atoms with Crippen molar-refractivity contribution in [2.75, 3.05) is 11.9 Å². The SMILES string of the molecule is Cc1cc(C)c(NC(=O)CNC(=O)CCC(C)N)c(C)c1. The lowest BCUT2D eigenvalue weighted by Gasteiger charge is -2.13. The molecule has 0 aliphatic heterocycles. The fourth-order valence-electron chi connectivity index (χ4n) is 2.19. The van der Waals surface area contributed by atoms with E-state index >= 15 is 0 Å². The molecule has 1 unspecified atom stereocenters. The summed E-state index contributed by atoms with van der Waals surface area (Å²) < 4.78 is 0. The highest BCUT2D eigenvalue weighted by Gasteiger charge is 2.10. The Bertz CT molecular complexity index is 501. The van der Waals surface area contributed by atoms with Gasteiger partial charge in [0.1, 0.15) is 0 Å². The lowest BCUT2D eigenvalue weighted by molar-refractivity contribution is -0.124. The Morgan fingerprint density at radius 3 is 2.24 bits per heavy atom. The normalized spacial score (nSPS) is 11.9. The summed E-state index contributed by atoms with van der Waals surface area (Å²) in [5, 5.41) is 5.45. The molecular weight excluding hydrogens is 266 g/mol. The Morgan fingerprint density at radius 2 is 1.71 bits per heavy atom. The van der Waals surface area contributed by atoms with Crippen LogP contribution in [-0.4, -0.2) is 24.4 Å². The maximum atomic E-state index is 11.9. The first-order valence-corrected chi connectivity index (χ1v) is 7.19. The quantitative estimate of drug-likeness (QED) is 0.747. The average Bonchev–Trinajstić information content (AvgIpc) is 2.38. The number of anilines is 1. The van der Waals surface area contributed by atoms with Gasteiger partial charge in [-0.05, 0) is 45.2 Å². The highest BCUT2D eigenvalue weighted by molar-refractivity contribution is 5.95. The zero-order chi connectivity index (χ0) is 16.0. The van der Waals surface area contributed by atoms with E-state index in [1.54, 1.807) is 0 Å². The van der Waals surface area contributed by atoms with E-state index < -0.39 is 0 Å². The summed E-state index contributed by atoms with van der Waals surface area (Å²) in [6.07, 6.45) is 0.956. The zero-order valence-electron chi connectivity index (χ0n) is 13.2. The molecule has 2 amide bonds. The minimum atomic E-state index is -0.223. The second-order valence-electron chi connectivity index (χ2n) is 5.61. The number of hydrogen-bond donors (Lipinski definition) is 3. The summed E-state index contributed by atoms with van der Waals surface area (Å²) in [5.74, 6) is -0.376. The molecule has 1 aromatic carbocycles. The van der Waals surface area contributed by atoms with Gasteiger partial charge in [0.25, 0.3) is 0 Å². The summed E-state index contributed by atoms with van der Waals surface area (Å²) in [6, 6.07) is 4.02. The third-order valence-corrected chi connectivity index (χ3v) is 3.21. The molecule has 1 atom stereocenters. The number of carbonyl (C=O) groups excluding carboxylic acids is 2. The number of carbonyl (C=O) groups is 2. The fourth-order valence-corrected chi connectivity index (χ4v) is 2.19. The number of amides is 2. The average molecular weight is 291 g/mol. The fraction of sp³-hybridized carbons (Fsp3) is 0.500. The summed E-state index contributed by atoms with van der Waals surface area (Å²) in [4.78, 5) is 23.4. The molecule has 0 aliphatic carbocycles. The topological polar surface area (TPSA) is 84.2 Å². The van der Waals surface area contributed by atoms with Crippen molar-refractivity contribution in [3.05, 3.63) is 28.8 Å². The van der Waals surface area contributed by atoms with Gasteiger partial charge in [-0.15, -0.1) is 0 Å². The van der Waals surface area contributed by atoms with Crippen molar-refractivity contribution in [3.63, 3.8) is 0 Å². The molecule has 21 heavy (non-hydrogen) atoms. The van der Waals surface area contributed by atoms with E-state index in [-0.39, 0.29) is 24.4 Å². The van der Waals surface area contributed by atoms with Crippen molar-refractivity contribution in [1.29, 1.82) is 0 Å². The lowest BCUT2D eigenvalue weighted by atomic mass is 10.1. The standard InChI is InChI=1S/C16H25N3O2/c1-10-7-11(2)16(12(3)8-10)19-15(21)9-18-14(20)6-5-13(4)17/h7-8,13H,5-6,9,17H2,1-4H3,(H,18,20)(H,19,21). The third kappa shape index (κ3) is 5.95. The Kier molecular flexibility index (Phi) is 6.37. The maximum absolute atomic E-state index is 11.9. The molecule has 0 bridgehead atoms. The third-order valence-electron chi connectivity index (χ3n) is 3.21. The molecule has 0 radical (unpaired) electrons. The molecule has 0 heterocycles. The van der Waals surface area contributed by atoms with Crippen LogP contribution in [0.25, 0.3) is 0 Å². The summed E-state index contributed by atoms with van der Waals surface area (Å²) >= 11 is 0. The van der Waals surface area contributed by atoms with Crippen LogP contribution in [0.1, 0.15) is 36.5 Å². The Balaban J connectivity index is 2.50. The van der Waals surface area contributed by atoms with E-state index in [2.05, 4.69) is 10.6 Å². The van der Waals surface area contributed by atoms with Gasteiger partial charge in [-0.3, -0.25) is 9.59 Å². The van der Waals surface area contributed by atoms with Crippen molar-refractivity contribution in [2.45, 2.75) is 46.6 Å². The molecule has 0 aromatic heterocycles. The van der Waals surface area contributed by atoms with E-state index in [9.17, 15) is 9.59 Å². The summed E-state index contributed by atoms with van der Waals surface area (Å²) in [7, 11) is 0. The second kappa shape index (κ2) is 7.78. The molecule has 0 saturated carbocycles. The van der Waals surface area contributed by atoms with Gasteiger partial charge in [0.15, 0.2) is 0 Å². The predicted octanol–water partition coefficient (Wildman–Crippen LogP) is 1.79. The van der Waals surface area contributed by atoms with E-state index in [0.29, 0.717) is 12.8 Å². The predicted molar refractivity (Wildman–Crippen MR) is 85.2 cm³/mol. The number of rotatable bonds is 6. The largest absolute Gasteiger partial charge is 0.347 e. The summed E-state index contributed by atoms with van der Waals surface area (Å²) in [6.45, 7) is 7.76. The monoisotopic (exact) mass is 291 g/mol. The molecule has 5 heteroatoms. The van der Waals surface area contributed by atoms with Crippen LogP contribution in [0.5, 0.6) is 0 Å². The minimum absolute atomic E-state index is 0.0116. The first-order valence-electron chi connectivity index (χ1n) is 7.19. The van der Waals surface area contributed by atoms with Gasteiger partial charge in [0.2, 0.25) is 11.8 Å². The molecule has 1 rings (SSSR count). The number of aryl methyl sites for hydroxylation is 3. The Hall–Kier alpha value is -1.88. The second-order valence-corrected chi connectivity index (χ2v) is 5.61. The number of nitrogens with two attached hydrogens (primary N) is 1. The first kappa shape index (κ1) is 17.2. The van der Waals surface area contributed by atoms with Gasteiger partial charge in [-0.25, -0.2) is 0 Å². The van der Waals surface area contributed by atoms with Crippen LogP contribution < -0.4 is 16.4 Å². The minimum Gasteiger partial charge on any atom is -0.347 e. The number of nitrogens with one attached hydrogen (secondary N) is 2. The molecule has 0 aliphatic rings. The Labute approximate surface area is 126 Å². The van der Waals surface area contributed by atoms with Crippen molar-refractivity contribution in [3.8, 4) is 0 Å². The van der Waals surface area contributed by atoms with Crippen LogP contribution in [0.2, 0.25) is 0 Å². The lowest BCUT2D eigenvalue weighted by Crippen LogP contribution is -2.33. The smallest absolute Gasteiger partial charge is 0.243 e. The molecule has 1 aromatic rings. The van der Waals surface area contributed by atoms with Gasteiger partial charge in [-0.1, -0.05) is 17.7 Å². The molecular formula is C16H25N3O2. The van der Waals surface area contributed by atoms with Gasteiger partial charge >= 0.3 is 0 Å². The van der Waals surface area contributed by atoms with E-state index in [0.717, 1.165) is 22.4 Å². The van der Waals surface area contributed by atoms with E-state index in [1.165, 1.54) is 0 Å². The van der Waals surface area contributed by atoms with Crippen molar-refractivity contribution in [1.82, 2.24) is 5.32 Å². The molecule has 116 valence electrons. The van der Waals surface area contributed by atoms with Gasteiger partial charge in [0, 0.05) is 18.2 Å². The van der Waals surface area contributed by atoms with Crippen molar-refractivity contribution < 1.29 is 9.59 Å². The number of hydrogen-bond acceptors (Lipinski definition) is 3. The van der Waals surface area contributed by atoms with Crippen LogP contribution in [0.4, 0.5) is 5.69 Å². The highest BCUT2D eigenvalue weighted by Crippen LogP contribution is 2.21. The van der Waals surface area contributed by atoms with Gasteiger partial charge in [-0.2, -0.15) is 0 Å². The molecule has 4 N–H and O–H groups in total. The van der Waals surface area contributed by atoms with Crippen LogP contribution in [0.3, 0.4) is 0 Å². The van der Waals surface area contributed by atoms with Crippen molar-refractivity contribution in [2.24, 2.45) is 5.73 Å². The maximum Gasteiger partial charge on any atom is 0.243 e. The van der Waals surface area contributed by atoms with Crippen LogP contribution >= 0.6 is 0 Å².